The first-order valence-corrected chi connectivity index (χ1v) is 9.42. The van der Waals surface area contributed by atoms with Gasteiger partial charge in [-0.3, -0.25) is 4.99 Å². The second-order valence-electron chi connectivity index (χ2n) is 6.01. The van der Waals surface area contributed by atoms with Gasteiger partial charge in [-0.1, -0.05) is 59.7 Å². The summed E-state index contributed by atoms with van der Waals surface area (Å²) in [5.74, 6) is 2.34. The van der Waals surface area contributed by atoms with E-state index in [1.165, 1.54) is 0 Å². The predicted octanol–water partition coefficient (Wildman–Crippen LogP) is 4.44. The van der Waals surface area contributed by atoms with E-state index in [-0.39, 0.29) is 24.0 Å². The molecule has 0 aliphatic rings. The van der Waals surface area contributed by atoms with E-state index < -0.39 is 0 Å². The highest BCUT2D eigenvalue weighted by atomic mass is 127. The molecule has 0 aliphatic carbocycles. The number of rotatable bonds is 8. The molecule has 0 saturated heterocycles. The molecule has 1 aromatic heterocycles. The number of ether oxygens (including phenoxy) is 1. The van der Waals surface area contributed by atoms with Crippen molar-refractivity contribution in [1.82, 2.24) is 20.8 Å². The van der Waals surface area contributed by atoms with Crippen LogP contribution in [0.25, 0.3) is 11.4 Å². The van der Waals surface area contributed by atoms with Gasteiger partial charge in [-0.2, -0.15) is 4.98 Å². The smallest absolute Gasteiger partial charge is 0.246 e. The minimum atomic E-state index is 0. The molecule has 0 unspecified atom stereocenters. The van der Waals surface area contributed by atoms with Crippen molar-refractivity contribution < 1.29 is 9.26 Å². The lowest BCUT2D eigenvalue weighted by Crippen LogP contribution is -2.36. The number of aromatic nitrogens is 2. The molecule has 30 heavy (non-hydrogen) atoms. The Labute approximate surface area is 197 Å². The molecular weight excluding hydrogens is 517 g/mol. The Bertz CT molecular complexity index is 993. The zero-order chi connectivity index (χ0) is 20.5. The minimum Gasteiger partial charge on any atom is -0.489 e. The Kier molecular flexibility index (Phi) is 9.62. The number of guanidine groups is 1. The van der Waals surface area contributed by atoms with Crippen LogP contribution in [0.2, 0.25) is 5.02 Å². The van der Waals surface area contributed by atoms with Crippen molar-refractivity contribution in [2.24, 2.45) is 4.99 Å². The van der Waals surface area contributed by atoms with Gasteiger partial charge in [0.1, 0.15) is 12.4 Å². The van der Waals surface area contributed by atoms with Crippen LogP contribution in [0.5, 0.6) is 5.75 Å². The number of hydrogen-bond acceptors (Lipinski definition) is 5. The van der Waals surface area contributed by atoms with Crippen molar-refractivity contribution in [2.75, 3.05) is 13.7 Å². The molecule has 0 atom stereocenters. The van der Waals surface area contributed by atoms with E-state index in [1.54, 1.807) is 25.3 Å². The number of nitrogens with one attached hydrogen (secondary N) is 2. The number of hydrogen-bond donors (Lipinski definition) is 2. The summed E-state index contributed by atoms with van der Waals surface area (Å²) in [6.45, 7) is 5.01. The Morgan fingerprint density at radius 1 is 1.20 bits per heavy atom. The van der Waals surface area contributed by atoms with Gasteiger partial charge in [0.2, 0.25) is 11.7 Å². The van der Waals surface area contributed by atoms with Crippen molar-refractivity contribution in [2.45, 2.75) is 13.1 Å². The van der Waals surface area contributed by atoms with E-state index in [9.17, 15) is 0 Å². The predicted molar refractivity (Wildman–Crippen MR) is 129 cm³/mol. The van der Waals surface area contributed by atoms with Crippen LogP contribution in [-0.4, -0.2) is 29.8 Å². The third kappa shape index (κ3) is 6.74. The third-order valence-electron chi connectivity index (χ3n) is 3.96. The monoisotopic (exact) mass is 539 g/mol. The highest BCUT2D eigenvalue weighted by molar-refractivity contribution is 14.0. The number of halogens is 2. The molecule has 2 N–H and O–H groups in total. The van der Waals surface area contributed by atoms with Gasteiger partial charge in [0, 0.05) is 29.7 Å². The molecular formula is C21H23ClIN5O2. The van der Waals surface area contributed by atoms with Crippen LogP contribution in [0.4, 0.5) is 0 Å². The largest absolute Gasteiger partial charge is 0.489 e. The molecule has 9 heteroatoms. The first-order chi connectivity index (χ1) is 14.2. The molecule has 0 fully saturated rings. The van der Waals surface area contributed by atoms with E-state index >= 15 is 0 Å². The molecule has 0 radical (unpaired) electrons. The molecule has 0 saturated carbocycles. The maximum absolute atomic E-state index is 6.01. The van der Waals surface area contributed by atoms with Gasteiger partial charge in [0.15, 0.2) is 5.96 Å². The molecule has 7 nitrogen and oxygen atoms in total. The summed E-state index contributed by atoms with van der Waals surface area (Å²) in [4.78, 5) is 8.60. The lowest BCUT2D eigenvalue weighted by atomic mass is 10.2. The standard InChI is InChI=1S/C21H22ClN5O2.HI/c1-3-11-28-18-10-5-4-7-16(18)13-24-21(23-2)25-14-19-26-20(27-29-19)15-8-6-9-17(22)12-15;/h3-10,12H,1,11,13-14H2,2H3,(H2,23,24,25);1H. The fraction of sp³-hybridized carbons (Fsp3) is 0.190. The molecule has 1 heterocycles. The van der Waals surface area contributed by atoms with Crippen LogP contribution in [0, 0.1) is 0 Å². The molecule has 0 spiro atoms. The van der Waals surface area contributed by atoms with Crippen LogP contribution in [0.15, 0.2) is 70.7 Å². The number of aliphatic imine (C=N–C) groups is 1. The van der Waals surface area contributed by atoms with Gasteiger partial charge in [0.05, 0.1) is 6.54 Å². The van der Waals surface area contributed by atoms with E-state index in [0.717, 1.165) is 16.9 Å². The first kappa shape index (κ1) is 23.7. The van der Waals surface area contributed by atoms with Crippen LogP contribution in [0.3, 0.4) is 0 Å². The highest BCUT2D eigenvalue weighted by Crippen LogP contribution is 2.20. The molecule has 158 valence electrons. The molecule has 3 aromatic rings. The average molecular weight is 540 g/mol. The Hall–Kier alpha value is -2.59. The summed E-state index contributed by atoms with van der Waals surface area (Å²) in [5, 5.41) is 11.0. The SMILES string of the molecule is C=CCOc1ccccc1CNC(=NC)NCc1nc(-c2cccc(Cl)c2)no1.I. The van der Waals surface area contributed by atoms with Crippen molar-refractivity contribution in [1.29, 1.82) is 0 Å². The van der Waals surface area contributed by atoms with Gasteiger partial charge in [-0.25, -0.2) is 0 Å². The van der Waals surface area contributed by atoms with Gasteiger partial charge in [-0.15, -0.1) is 24.0 Å². The molecule has 3 rings (SSSR count). The molecule has 0 amide bonds. The normalized spacial score (nSPS) is 10.8. The lowest BCUT2D eigenvalue weighted by molar-refractivity contribution is 0.358. The fourth-order valence-electron chi connectivity index (χ4n) is 2.57. The summed E-state index contributed by atoms with van der Waals surface area (Å²) in [6, 6.07) is 15.1. The fourth-order valence-corrected chi connectivity index (χ4v) is 2.76. The molecule has 2 aromatic carbocycles. The van der Waals surface area contributed by atoms with Gasteiger partial charge < -0.3 is 19.9 Å². The molecule has 0 bridgehead atoms. The van der Waals surface area contributed by atoms with Gasteiger partial charge in [0.25, 0.3) is 0 Å². The Balaban J connectivity index is 0.00000320. The minimum absolute atomic E-state index is 0. The van der Waals surface area contributed by atoms with Crippen molar-refractivity contribution in [3.63, 3.8) is 0 Å². The highest BCUT2D eigenvalue weighted by Gasteiger charge is 2.10. The van der Waals surface area contributed by atoms with Crippen LogP contribution in [-0.2, 0) is 13.1 Å². The van der Waals surface area contributed by atoms with Gasteiger partial charge in [-0.05, 0) is 18.2 Å². The zero-order valence-electron chi connectivity index (χ0n) is 16.5. The quantitative estimate of drug-likeness (QED) is 0.191. The average Bonchev–Trinajstić information content (AvgIpc) is 3.22. The topological polar surface area (TPSA) is 84.6 Å². The lowest BCUT2D eigenvalue weighted by Gasteiger charge is -2.13. The Morgan fingerprint density at radius 2 is 2.00 bits per heavy atom. The number of benzene rings is 2. The van der Waals surface area contributed by atoms with Crippen LogP contribution in [0.1, 0.15) is 11.5 Å². The van der Waals surface area contributed by atoms with E-state index in [1.807, 2.05) is 36.4 Å². The Morgan fingerprint density at radius 3 is 2.77 bits per heavy atom. The molecule has 0 aliphatic heterocycles. The van der Waals surface area contributed by atoms with Crippen LogP contribution >= 0.6 is 35.6 Å². The van der Waals surface area contributed by atoms with E-state index in [4.69, 9.17) is 20.9 Å². The second kappa shape index (κ2) is 12.2. The summed E-state index contributed by atoms with van der Waals surface area (Å²) < 4.78 is 11.0. The summed E-state index contributed by atoms with van der Waals surface area (Å²) >= 11 is 6.01. The van der Waals surface area contributed by atoms with E-state index in [0.29, 0.717) is 42.4 Å². The number of nitrogens with zero attached hydrogens (tertiary/aromatic N) is 3. The zero-order valence-corrected chi connectivity index (χ0v) is 19.6. The summed E-state index contributed by atoms with van der Waals surface area (Å²) in [5.41, 5.74) is 1.81. The maximum Gasteiger partial charge on any atom is 0.246 e. The second-order valence-corrected chi connectivity index (χ2v) is 6.45. The maximum atomic E-state index is 6.01. The van der Waals surface area contributed by atoms with Gasteiger partial charge >= 0.3 is 0 Å². The van der Waals surface area contributed by atoms with Crippen molar-refractivity contribution >= 4 is 41.5 Å². The first-order valence-electron chi connectivity index (χ1n) is 9.04. The third-order valence-corrected chi connectivity index (χ3v) is 4.19. The summed E-state index contributed by atoms with van der Waals surface area (Å²) in [7, 11) is 1.70. The number of para-hydroxylation sites is 1. The van der Waals surface area contributed by atoms with Crippen LogP contribution < -0.4 is 15.4 Å². The summed E-state index contributed by atoms with van der Waals surface area (Å²) in [6.07, 6.45) is 1.72. The van der Waals surface area contributed by atoms with Crippen molar-refractivity contribution in [3.05, 3.63) is 77.7 Å². The van der Waals surface area contributed by atoms with E-state index in [2.05, 4.69) is 32.3 Å². The van der Waals surface area contributed by atoms with Crippen molar-refractivity contribution in [3.8, 4) is 17.1 Å².